The molecule has 1 saturated carbocycles. The molecule has 1 N–H and O–H groups in total. The fourth-order valence-corrected chi connectivity index (χ4v) is 4.26. The predicted octanol–water partition coefficient (Wildman–Crippen LogP) is 2.32. The number of rotatable bonds is 5. The van der Waals surface area contributed by atoms with E-state index in [1.807, 2.05) is 0 Å². The molecule has 1 aromatic carbocycles. The molecule has 0 bridgehead atoms. The van der Waals surface area contributed by atoms with E-state index in [0.717, 1.165) is 19.7 Å². The lowest BCUT2D eigenvalue weighted by molar-refractivity contribution is -0.0728. The third kappa shape index (κ3) is 2.09. The topological polar surface area (TPSA) is 32.7 Å². The first-order chi connectivity index (χ1) is 9.81. The molecular weight excluding hydrogens is 250 g/mol. The normalized spacial score (nSPS) is 35.9. The Labute approximate surface area is 121 Å². The molecule has 3 heteroatoms. The molecule has 1 aliphatic carbocycles. The van der Waals surface area contributed by atoms with Gasteiger partial charge in [0.25, 0.3) is 0 Å². The molecule has 3 nitrogen and oxygen atoms in total. The molecular formula is C17H25NO2. The second-order valence-electron chi connectivity index (χ2n) is 5.96. The lowest BCUT2D eigenvalue weighted by atomic mass is 9.59. The number of hydrogen-bond acceptors (Lipinski definition) is 3. The van der Waals surface area contributed by atoms with Crippen LogP contribution in [0.2, 0.25) is 0 Å². The maximum absolute atomic E-state index is 9.72. The first kappa shape index (κ1) is 14.1. The standard InChI is InChI=1S/C17H25NO2/c1-3-18(4-2)16-13(10-19)14-11-20-17(15(14)16)12-8-6-5-7-9-12/h5-9,13-17,19H,3-4,10-11H2,1-2H3/t13-,14+,15+,16+,17+/m0/s1. The van der Waals surface area contributed by atoms with Crippen LogP contribution < -0.4 is 0 Å². The second-order valence-corrected chi connectivity index (χ2v) is 5.96. The summed E-state index contributed by atoms with van der Waals surface area (Å²) in [5.41, 5.74) is 1.29. The van der Waals surface area contributed by atoms with E-state index in [2.05, 4.69) is 49.1 Å². The highest BCUT2D eigenvalue weighted by Crippen LogP contribution is 2.55. The van der Waals surface area contributed by atoms with Gasteiger partial charge in [0.2, 0.25) is 0 Å². The van der Waals surface area contributed by atoms with Crippen molar-refractivity contribution < 1.29 is 9.84 Å². The van der Waals surface area contributed by atoms with Crippen LogP contribution in [0.15, 0.2) is 30.3 Å². The van der Waals surface area contributed by atoms with Crippen LogP contribution in [0.1, 0.15) is 25.5 Å². The maximum atomic E-state index is 9.72. The van der Waals surface area contributed by atoms with Crippen LogP contribution in [0.3, 0.4) is 0 Å². The Morgan fingerprint density at radius 3 is 2.50 bits per heavy atom. The third-order valence-corrected chi connectivity index (χ3v) is 5.27. The zero-order valence-electron chi connectivity index (χ0n) is 12.4. The van der Waals surface area contributed by atoms with Crippen LogP contribution in [0.25, 0.3) is 0 Å². The van der Waals surface area contributed by atoms with E-state index in [1.54, 1.807) is 0 Å². The lowest BCUT2D eigenvalue weighted by Gasteiger charge is -2.53. The van der Waals surface area contributed by atoms with Gasteiger partial charge in [0.15, 0.2) is 0 Å². The van der Waals surface area contributed by atoms with Gasteiger partial charge in [-0.2, -0.15) is 0 Å². The van der Waals surface area contributed by atoms with Crippen LogP contribution in [0.5, 0.6) is 0 Å². The van der Waals surface area contributed by atoms with Crippen molar-refractivity contribution in [2.45, 2.75) is 26.0 Å². The van der Waals surface area contributed by atoms with Crippen LogP contribution in [0.4, 0.5) is 0 Å². The monoisotopic (exact) mass is 275 g/mol. The smallest absolute Gasteiger partial charge is 0.0871 e. The largest absolute Gasteiger partial charge is 0.396 e. The quantitative estimate of drug-likeness (QED) is 0.895. The van der Waals surface area contributed by atoms with Gasteiger partial charge in [-0.1, -0.05) is 44.2 Å². The van der Waals surface area contributed by atoms with E-state index >= 15 is 0 Å². The molecule has 5 atom stereocenters. The Morgan fingerprint density at radius 1 is 1.20 bits per heavy atom. The van der Waals surface area contributed by atoms with Crippen molar-refractivity contribution in [2.75, 3.05) is 26.3 Å². The lowest BCUT2D eigenvalue weighted by Crippen LogP contribution is -2.61. The van der Waals surface area contributed by atoms with Gasteiger partial charge >= 0.3 is 0 Å². The van der Waals surface area contributed by atoms with Crippen LogP contribution in [0, 0.1) is 17.8 Å². The maximum Gasteiger partial charge on any atom is 0.0871 e. The summed E-state index contributed by atoms with van der Waals surface area (Å²) in [5.74, 6) is 1.44. The molecule has 2 aliphatic rings. The summed E-state index contributed by atoms with van der Waals surface area (Å²) in [6, 6.07) is 11.0. The van der Waals surface area contributed by atoms with Gasteiger partial charge in [-0.3, -0.25) is 0 Å². The van der Waals surface area contributed by atoms with Crippen molar-refractivity contribution in [3.8, 4) is 0 Å². The Morgan fingerprint density at radius 2 is 1.90 bits per heavy atom. The molecule has 0 amide bonds. The first-order valence-corrected chi connectivity index (χ1v) is 7.83. The molecule has 0 aromatic heterocycles. The SMILES string of the molecule is CCN(CC)[C@@H]1[C@@H](CO)[C@H]2CO[C@H](c3ccccc3)[C@H]21. The average molecular weight is 275 g/mol. The van der Waals surface area contributed by atoms with E-state index in [-0.39, 0.29) is 12.7 Å². The van der Waals surface area contributed by atoms with Gasteiger partial charge in [0.05, 0.1) is 12.7 Å². The average Bonchev–Trinajstić information content (AvgIpc) is 2.85. The molecule has 1 aromatic rings. The van der Waals surface area contributed by atoms with Crippen LogP contribution >= 0.6 is 0 Å². The van der Waals surface area contributed by atoms with Gasteiger partial charge in [0.1, 0.15) is 0 Å². The third-order valence-electron chi connectivity index (χ3n) is 5.27. The van der Waals surface area contributed by atoms with Gasteiger partial charge in [0, 0.05) is 24.5 Å². The summed E-state index contributed by atoms with van der Waals surface area (Å²) in [4.78, 5) is 2.49. The molecule has 3 rings (SSSR count). The molecule has 20 heavy (non-hydrogen) atoms. The van der Waals surface area contributed by atoms with Crippen molar-refractivity contribution in [1.29, 1.82) is 0 Å². The molecule has 1 aliphatic heterocycles. The number of aliphatic hydroxyl groups is 1. The highest BCUT2D eigenvalue weighted by atomic mass is 16.5. The zero-order valence-corrected chi connectivity index (χ0v) is 12.4. The van der Waals surface area contributed by atoms with Crippen molar-refractivity contribution in [3.05, 3.63) is 35.9 Å². The summed E-state index contributed by atoms with van der Waals surface area (Å²) in [6.45, 7) is 7.59. The van der Waals surface area contributed by atoms with E-state index in [9.17, 15) is 5.11 Å². The second kappa shape index (κ2) is 5.84. The summed E-state index contributed by atoms with van der Waals surface area (Å²) >= 11 is 0. The van der Waals surface area contributed by atoms with E-state index < -0.39 is 0 Å². The van der Waals surface area contributed by atoms with Gasteiger partial charge in [-0.05, 0) is 24.6 Å². The molecule has 110 valence electrons. The molecule has 0 radical (unpaired) electrons. The minimum absolute atomic E-state index is 0.203. The van der Waals surface area contributed by atoms with Crippen molar-refractivity contribution in [3.63, 3.8) is 0 Å². The van der Waals surface area contributed by atoms with E-state index in [4.69, 9.17) is 4.74 Å². The summed E-state index contributed by atoms with van der Waals surface area (Å²) < 4.78 is 6.09. The molecule has 2 fully saturated rings. The number of ether oxygens (including phenoxy) is 1. The number of hydrogen-bond donors (Lipinski definition) is 1. The van der Waals surface area contributed by atoms with Crippen molar-refractivity contribution >= 4 is 0 Å². The van der Waals surface area contributed by atoms with Gasteiger partial charge in [-0.25, -0.2) is 0 Å². The Balaban J connectivity index is 1.84. The van der Waals surface area contributed by atoms with E-state index in [0.29, 0.717) is 23.8 Å². The number of benzene rings is 1. The zero-order chi connectivity index (χ0) is 14.1. The van der Waals surface area contributed by atoms with Crippen molar-refractivity contribution in [1.82, 2.24) is 4.90 Å². The van der Waals surface area contributed by atoms with Gasteiger partial charge < -0.3 is 14.7 Å². The van der Waals surface area contributed by atoms with Gasteiger partial charge in [-0.15, -0.1) is 0 Å². The summed E-state index contributed by atoms with van der Waals surface area (Å²) in [5, 5.41) is 9.72. The Hall–Kier alpha value is -0.900. The molecule has 0 spiro atoms. The summed E-state index contributed by atoms with van der Waals surface area (Å²) in [6.07, 6.45) is 0.203. The fourth-order valence-electron chi connectivity index (χ4n) is 4.26. The number of aliphatic hydroxyl groups excluding tert-OH is 1. The predicted molar refractivity (Wildman–Crippen MR) is 79.4 cm³/mol. The molecule has 1 saturated heterocycles. The number of fused-ring (bicyclic) bond motifs is 1. The minimum atomic E-state index is 0.203. The Kier molecular flexibility index (Phi) is 4.11. The number of nitrogens with zero attached hydrogens (tertiary/aromatic N) is 1. The minimum Gasteiger partial charge on any atom is -0.396 e. The first-order valence-electron chi connectivity index (χ1n) is 7.83. The van der Waals surface area contributed by atoms with Crippen molar-refractivity contribution in [2.24, 2.45) is 17.8 Å². The highest BCUT2D eigenvalue weighted by molar-refractivity contribution is 5.23. The highest BCUT2D eigenvalue weighted by Gasteiger charge is 2.58. The fraction of sp³-hybridized carbons (Fsp3) is 0.647. The molecule has 0 unspecified atom stereocenters. The summed E-state index contributed by atoms with van der Waals surface area (Å²) in [7, 11) is 0. The van der Waals surface area contributed by atoms with Crippen LogP contribution in [-0.4, -0.2) is 42.4 Å². The molecule has 1 heterocycles. The Bertz CT molecular complexity index is 432. The van der Waals surface area contributed by atoms with E-state index in [1.165, 1.54) is 5.56 Å². The van der Waals surface area contributed by atoms with Crippen LogP contribution in [-0.2, 0) is 4.74 Å².